The highest BCUT2D eigenvalue weighted by atomic mass is 16.6. The van der Waals surface area contributed by atoms with E-state index in [1.54, 1.807) is 0 Å². The standard InChI is InChI=1S/C23H38N4O3/c1-16-14-26(15-19(16)24-21-13-20(30-25-21)18-5-6-18)10-7-17-8-11-27(12-9-17)22(28)29-23(2,3)4/h13,16-19H,5-12,14-15H2,1-4H3,(H,24,25). The molecule has 1 aromatic heterocycles. The van der Waals surface area contributed by atoms with Gasteiger partial charge in [-0.05, 0) is 71.3 Å². The molecule has 0 bridgehead atoms. The van der Waals surface area contributed by atoms with E-state index >= 15 is 0 Å². The lowest BCUT2D eigenvalue weighted by atomic mass is 9.93. The highest BCUT2D eigenvalue weighted by Gasteiger charge is 2.33. The maximum Gasteiger partial charge on any atom is 0.410 e. The first-order chi connectivity index (χ1) is 14.3. The average molecular weight is 419 g/mol. The number of rotatable bonds is 6. The number of likely N-dealkylation sites (tertiary alicyclic amines) is 2. The number of nitrogens with one attached hydrogen (secondary N) is 1. The van der Waals surface area contributed by atoms with Crippen LogP contribution >= 0.6 is 0 Å². The molecule has 0 aromatic carbocycles. The van der Waals surface area contributed by atoms with E-state index in [1.165, 1.54) is 19.3 Å². The molecule has 3 heterocycles. The second-order valence-electron chi connectivity index (χ2n) is 10.6. The molecule has 1 saturated carbocycles. The van der Waals surface area contributed by atoms with Crippen molar-refractivity contribution in [2.75, 3.05) is 38.0 Å². The number of amides is 1. The van der Waals surface area contributed by atoms with Crippen molar-refractivity contribution in [3.05, 3.63) is 11.8 Å². The molecule has 4 rings (SSSR count). The Hall–Kier alpha value is -1.76. The fraction of sp³-hybridized carbons (Fsp3) is 0.826. The smallest absolute Gasteiger partial charge is 0.410 e. The Kier molecular flexibility index (Phi) is 6.28. The first kappa shape index (κ1) is 21.5. The summed E-state index contributed by atoms with van der Waals surface area (Å²) in [5, 5.41) is 7.81. The van der Waals surface area contributed by atoms with Gasteiger partial charge in [-0.25, -0.2) is 4.79 Å². The second kappa shape index (κ2) is 8.77. The number of hydrogen-bond donors (Lipinski definition) is 1. The molecule has 1 amide bonds. The minimum atomic E-state index is -0.420. The Morgan fingerprint density at radius 2 is 1.97 bits per heavy atom. The lowest BCUT2D eigenvalue weighted by Crippen LogP contribution is -2.42. The van der Waals surface area contributed by atoms with Crippen LogP contribution in [-0.4, -0.2) is 65.4 Å². The summed E-state index contributed by atoms with van der Waals surface area (Å²) >= 11 is 0. The summed E-state index contributed by atoms with van der Waals surface area (Å²) in [6.45, 7) is 13.0. The number of piperidine rings is 1. The van der Waals surface area contributed by atoms with Gasteiger partial charge in [0, 0.05) is 44.2 Å². The Morgan fingerprint density at radius 1 is 1.23 bits per heavy atom. The summed E-state index contributed by atoms with van der Waals surface area (Å²) in [6.07, 6.45) is 5.66. The molecule has 7 heteroatoms. The summed E-state index contributed by atoms with van der Waals surface area (Å²) in [5.74, 6) is 3.83. The van der Waals surface area contributed by atoms with E-state index in [0.29, 0.717) is 23.8 Å². The van der Waals surface area contributed by atoms with Crippen molar-refractivity contribution >= 4 is 11.9 Å². The van der Waals surface area contributed by atoms with Gasteiger partial charge in [-0.3, -0.25) is 0 Å². The molecular formula is C23H38N4O3. The van der Waals surface area contributed by atoms with Crippen molar-refractivity contribution in [2.45, 2.75) is 77.4 Å². The normalized spacial score (nSPS) is 26.2. The van der Waals surface area contributed by atoms with Gasteiger partial charge in [-0.2, -0.15) is 0 Å². The highest BCUT2D eigenvalue weighted by Crippen LogP contribution is 2.41. The number of carbonyl (C=O) groups is 1. The zero-order valence-electron chi connectivity index (χ0n) is 19.0. The zero-order chi connectivity index (χ0) is 21.3. The molecule has 3 aliphatic rings. The number of hydrogen-bond acceptors (Lipinski definition) is 6. The predicted octanol–water partition coefficient (Wildman–Crippen LogP) is 4.32. The maximum atomic E-state index is 12.2. The average Bonchev–Trinajstić information content (AvgIpc) is 3.33. The fourth-order valence-electron chi connectivity index (χ4n) is 4.64. The molecule has 1 aliphatic carbocycles. The third-order valence-electron chi connectivity index (χ3n) is 6.65. The minimum absolute atomic E-state index is 0.166. The van der Waals surface area contributed by atoms with Gasteiger partial charge in [0.15, 0.2) is 5.82 Å². The quantitative estimate of drug-likeness (QED) is 0.742. The van der Waals surface area contributed by atoms with Gasteiger partial charge in [0.2, 0.25) is 0 Å². The van der Waals surface area contributed by atoms with Crippen LogP contribution in [0.15, 0.2) is 10.6 Å². The van der Waals surface area contributed by atoms with Crippen molar-refractivity contribution in [3.63, 3.8) is 0 Å². The monoisotopic (exact) mass is 418 g/mol. The molecule has 2 unspecified atom stereocenters. The Balaban J connectivity index is 1.16. The van der Waals surface area contributed by atoms with Gasteiger partial charge < -0.3 is 24.4 Å². The van der Waals surface area contributed by atoms with Crippen LogP contribution in [0, 0.1) is 11.8 Å². The van der Waals surface area contributed by atoms with E-state index < -0.39 is 5.60 Å². The van der Waals surface area contributed by atoms with Crippen molar-refractivity contribution in [1.82, 2.24) is 15.0 Å². The van der Waals surface area contributed by atoms with Crippen molar-refractivity contribution in [3.8, 4) is 0 Å². The van der Waals surface area contributed by atoms with Gasteiger partial charge in [0.1, 0.15) is 11.4 Å². The van der Waals surface area contributed by atoms with Crippen LogP contribution in [0.4, 0.5) is 10.6 Å². The zero-order valence-corrected chi connectivity index (χ0v) is 19.0. The van der Waals surface area contributed by atoms with Crippen LogP contribution in [-0.2, 0) is 4.74 Å². The molecule has 1 aromatic rings. The number of nitrogens with zero attached hydrogens (tertiary/aromatic N) is 3. The van der Waals surface area contributed by atoms with Crippen LogP contribution in [0.3, 0.4) is 0 Å². The van der Waals surface area contributed by atoms with E-state index in [1.807, 2.05) is 25.7 Å². The highest BCUT2D eigenvalue weighted by molar-refractivity contribution is 5.68. The predicted molar refractivity (Wildman–Crippen MR) is 117 cm³/mol. The van der Waals surface area contributed by atoms with Gasteiger partial charge in [0.25, 0.3) is 0 Å². The van der Waals surface area contributed by atoms with Crippen LogP contribution in [0.5, 0.6) is 0 Å². The maximum absolute atomic E-state index is 12.2. The molecule has 168 valence electrons. The second-order valence-corrected chi connectivity index (χ2v) is 10.6. The lowest BCUT2D eigenvalue weighted by molar-refractivity contribution is 0.0178. The molecule has 3 fully saturated rings. The van der Waals surface area contributed by atoms with E-state index in [0.717, 1.165) is 57.1 Å². The van der Waals surface area contributed by atoms with Crippen LogP contribution < -0.4 is 5.32 Å². The first-order valence-electron chi connectivity index (χ1n) is 11.7. The SMILES string of the molecule is CC1CN(CCC2CCN(C(=O)OC(C)(C)C)CC2)CC1Nc1cc(C2CC2)on1. The molecular weight excluding hydrogens is 380 g/mol. The molecule has 0 radical (unpaired) electrons. The Bertz CT molecular complexity index is 716. The Labute approximate surface area is 180 Å². The van der Waals surface area contributed by atoms with E-state index in [9.17, 15) is 4.79 Å². The van der Waals surface area contributed by atoms with E-state index in [4.69, 9.17) is 9.26 Å². The topological polar surface area (TPSA) is 70.8 Å². The van der Waals surface area contributed by atoms with Crippen molar-refractivity contribution < 1.29 is 14.1 Å². The van der Waals surface area contributed by atoms with Crippen LogP contribution in [0.1, 0.15) is 71.5 Å². The van der Waals surface area contributed by atoms with Crippen LogP contribution in [0.25, 0.3) is 0 Å². The molecule has 2 atom stereocenters. The first-order valence-corrected chi connectivity index (χ1v) is 11.7. The molecule has 30 heavy (non-hydrogen) atoms. The Morgan fingerprint density at radius 3 is 2.63 bits per heavy atom. The summed E-state index contributed by atoms with van der Waals surface area (Å²) < 4.78 is 11.0. The molecule has 0 spiro atoms. The van der Waals surface area contributed by atoms with E-state index in [-0.39, 0.29) is 6.09 Å². The summed E-state index contributed by atoms with van der Waals surface area (Å²) in [5.41, 5.74) is -0.420. The summed E-state index contributed by atoms with van der Waals surface area (Å²) in [6, 6.07) is 2.52. The molecule has 2 saturated heterocycles. The lowest BCUT2D eigenvalue weighted by Gasteiger charge is -2.34. The van der Waals surface area contributed by atoms with Gasteiger partial charge in [-0.15, -0.1) is 0 Å². The molecule has 1 N–H and O–H groups in total. The number of carbonyl (C=O) groups excluding carboxylic acids is 1. The van der Waals surface area contributed by atoms with Gasteiger partial charge in [-0.1, -0.05) is 12.1 Å². The van der Waals surface area contributed by atoms with Gasteiger partial charge >= 0.3 is 6.09 Å². The fourth-order valence-corrected chi connectivity index (χ4v) is 4.64. The van der Waals surface area contributed by atoms with E-state index in [2.05, 4.69) is 28.4 Å². The molecule has 2 aliphatic heterocycles. The van der Waals surface area contributed by atoms with Gasteiger partial charge in [0.05, 0.1) is 0 Å². The summed E-state index contributed by atoms with van der Waals surface area (Å²) in [7, 11) is 0. The number of aromatic nitrogens is 1. The number of ether oxygens (including phenoxy) is 1. The van der Waals surface area contributed by atoms with Crippen molar-refractivity contribution in [2.24, 2.45) is 11.8 Å². The van der Waals surface area contributed by atoms with Crippen LogP contribution in [0.2, 0.25) is 0 Å². The largest absolute Gasteiger partial charge is 0.444 e. The third-order valence-corrected chi connectivity index (χ3v) is 6.65. The molecule has 7 nitrogen and oxygen atoms in total. The third kappa shape index (κ3) is 5.68. The van der Waals surface area contributed by atoms with Crippen molar-refractivity contribution in [1.29, 1.82) is 0 Å². The number of anilines is 1. The minimum Gasteiger partial charge on any atom is -0.444 e. The summed E-state index contributed by atoms with van der Waals surface area (Å²) in [4.78, 5) is 16.7.